The quantitative estimate of drug-likeness (QED) is 0.747. The third kappa shape index (κ3) is 4.04. The molecule has 0 saturated carbocycles. The van der Waals surface area contributed by atoms with Crippen LogP contribution in [-0.4, -0.2) is 26.6 Å². The molecular weight excluding hydrogens is 232 g/mol. The number of ketones is 1. The summed E-state index contributed by atoms with van der Waals surface area (Å²) in [5.74, 6) is 1.53. The summed E-state index contributed by atoms with van der Waals surface area (Å²) in [4.78, 5) is 11.1. The molecule has 0 spiro atoms. The summed E-state index contributed by atoms with van der Waals surface area (Å²) in [5.41, 5.74) is 0.939. The molecule has 0 aliphatic carbocycles. The monoisotopic (exact) mass is 252 g/mol. The van der Waals surface area contributed by atoms with Gasteiger partial charge in [0.15, 0.2) is 0 Å². The number of hydrogen-bond acceptors (Lipinski definition) is 4. The summed E-state index contributed by atoms with van der Waals surface area (Å²) >= 11 is 0. The zero-order valence-electron chi connectivity index (χ0n) is 11.4. The SMILES string of the molecule is COc1ccc(COC[C@@H](C)C(C)=O)c(OC)c1. The zero-order chi connectivity index (χ0) is 13.5. The van der Waals surface area contributed by atoms with Gasteiger partial charge in [0, 0.05) is 17.5 Å². The predicted molar refractivity (Wildman–Crippen MR) is 69.0 cm³/mol. The van der Waals surface area contributed by atoms with Gasteiger partial charge in [0.05, 0.1) is 27.4 Å². The number of Topliss-reactive ketones (excluding diaryl/α,β-unsaturated/α-hetero) is 1. The second-order valence-electron chi connectivity index (χ2n) is 4.20. The lowest BCUT2D eigenvalue weighted by Crippen LogP contribution is -2.13. The predicted octanol–water partition coefficient (Wildman–Crippen LogP) is 2.45. The second kappa shape index (κ2) is 7.01. The standard InChI is InChI=1S/C14H20O4/c1-10(11(2)15)8-18-9-12-5-6-13(16-3)7-14(12)17-4/h5-7,10H,8-9H2,1-4H3/t10-/m1/s1. The highest BCUT2D eigenvalue weighted by atomic mass is 16.5. The average molecular weight is 252 g/mol. The van der Waals surface area contributed by atoms with Crippen LogP contribution in [-0.2, 0) is 16.1 Å². The van der Waals surface area contributed by atoms with Crippen molar-refractivity contribution >= 4 is 5.78 Å². The Morgan fingerprint density at radius 1 is 1.28 bits per heavy atom. The smallest absolute Gasteiger partial charge is 0.134 e. The Balaban J connectivity index is 2.59. The highest BCUT2D eigenvalue weighted by molar-refractivity contribution is 5.77. The molecule has 0 radical (unpaired) electrons. The largest absolute Gasteiger partial charge is 0.497 e. The van der Waals surface area contributed by atoms with E-state index in [9.17, 15) is 4.79 Å². The van der Waals surface area contributed by atoms with Gasteiger partial charge < -0.3 is 14.2 Å². The Labute approximate surface area is 108 Å². The molecule has 0 heterocycles. The van der Waals surface area contributed by atoms with Gasteiger partial charge >= 0.3 is 0 Å². The summed E-state index contributed by atoms with van der Waals surface area (Å²) in [7, 11) is 3.22. The van der Waals surface area contributed by atoms with Gasteiger partial charge in [0.1, 0.15) is 17.3 Å². The van der Waals surface area contributed by atoms with Gasteiger partial charge in [-0.25, -0.2) is 0 Å². The van der Waals surface area contributed by atoms with Gasteiger partial charge in [-0.15, -0.1) is 0 Å². The Kier molecular flexibility index (Phi) is 5.65. The summed E-state index contributed by atoms with van der Waals surface area (Å²) in [6.45, 7) is 4.27. The van der Waals surface area contributed by atoms with Crippen molar-refractivity contribution in [1.82, 2.24) is 0 Å². The van der Waals surface area contributed by atoms with Crippen molar-refractivity contribution in [3.8, 4) is 11.5 Å². The molecule has 4 nitrogen and oxygen atoms in total. The number of methoxy groups -OCH3 is 2. The van der Waals surface area contributed by atoms with E-state index in [4.69, 9.17) is 14.2 Å². The highest BCUT2D eigenvalue weighted by Gasteiger charge is 2.09. The second-order valence-corrected chi connectivity index (χ2v) is 4.20. The lowest BCUT2D eigenvalue weighted by Gasteiger charge is -2.12. The number of ether oxygens (including phenoxy) is 3. The molecule has 1 aromatic carbocycles. The van der Waals surface area contributed by atoms with Crippen molar-refractivity contribution in [1.29, 1.82) is 0 Å². The molecule has 1 aromatic rings. The van der Waals surface area contributed by atoms with Gasteiger partial charge in [-0.05, 0) is 19.1 Å². The van der Waals surface area contributed by atoms with Crippen LogP contribution in [0.25, 0.3) is 0 Å². The molecule has 100 valence electrons. The Morgan fingerprint density at radius 3 is 2.56 bits per heavy atom. The molecule has 18 heavy (non-hydrogen) atoms. The van der Waals surface area contributed by atoms with E-state index >= 15 is 0 Å². The van der Waals surface area contributed by atoms with Crippen LogP contribution in [0.1, 0.15) is 19.4 Å². The summed E-state index contributed by atoms with van der Waals surface area (Å²) in [6, 6.07) is 5.57. The number of benzene rings is 1. The van der Waals surface area contributed by atoms with Crippen LogP contribution in [0, 0.1) is 5.92 Å². The summed E-state index contributed by atoms with van der Waals surface area (Å²) in [5, 5.41) is 0. The Hall–Kier alpha value is -1.55. The van der Waals surface area contributed by atoms with Crippen molar-refractivity contribution in [2.24, 2.45) is 5.92 Å². The van der Waals surface area contributed by atoms with Gasteiger partial charge in [-0.3, -0.25) is 4.79 Å². The molecule has 1 atom stereocenters. The van der Waals surface area contributed by atoms with Crippen LogP contribution in [0.4, 0.5) is 0 Å². The third-order valence-corrected chi connectivity index (χ3v) is 2.81. The summed E-state index contributed by atoms with van der Waals surface area (Å²) in [6.07, 6.45) is 0. The van der Waals surface area contributed by atoms with Crippen LogP contribution in [0.2, 0.25) is 0 Å². The highest BCUT2D eigenvalue weighted by Crippen LogP contribution is 2.25. The van der Waals surface area contributed by atoms with Gasteiger partial charge in [0.25, 0.3) is 0 Å². The number of carbonyl (C=O) groups excluding carboxylic acids is 1. The van der Waals surface area contributed by atoms with Gasteiger partial charge in [0.2, 0.25) is 0 Å². The lowest BCUT2D eigenvalue weighted by molar-refractivity contribution is -0.122. The maximum absolute atomic E-state index is 11.1. The molecule has 0 aromatic heterocycles. The molecule has 4 heteroatoms. The van der Waals surface area contributed by atoms with Gasteiger partial charge in [-0.2, -0.15) is 0 Å². The fourth-order valence-corrected chi connectivity index (χ4v) is 1.43. The van der Waals surface area contributed by atoms with Crippen molar-refractivity contribution < 1.29 is 19.0 Å². The van der Waals surface area contributed by atoms with E-state index in [1.807, 2.05) is 25.1 Å². The van der Waals surface area contributed by atoms with Crippen LogP contribution in [0.3, 0.4) is 0 Å². The van der Waals surface area contributed by atoms with E-state index in [1.165, 1.54) is 0 Å². The number of carbonyl (C=O) groups is 1. The topological polar surface area (TPSA) is 44.8 Å². The molecule has 0 unspecified atom stereocenters. The van der Waals surface area contributed by atoms with E-state index in [-0.39, 0.29) is 11.7 Å². The minimum absolute atomic E-state index is 0.0748. The molecule has 0 bridgehead atoms. The summed E-state index contributed by atoms with van der Waals surface area (Å²) < 4.78 is 15.9. The lowest BCUT2D eigenvalue weighted by atomic mass is 10.1. The maximum atomic E-state index is 11.1. The number of hydrogen-bond donors (Lipinski definition) is 0. The van der Waals surface area contributed by atoms with E-state index in [0.29, 0.717) is 13.2 Å². The molecule has 0 aliphatic rings. The average Bonchev–Trinajstić information content (AvgIpc) is 2.38. The van der Waals surface area contributed by atoms with E-state index < -0.39 is 0 Å². The van der Waals surface area contributed by atoms with Crippen LogP contribution in [0.15, 0.2) is 18.2 Å². The molecular formula is C14H20O4. The molecule has 0 N–H and O–H groups in total. The van der Waals surface area contributed by atoms with Crippen molar-refractivity contribution in [3.63, 3.8) is 0 Å². The van der Waals surface area contributed by atoms with E-state index in [0.717, 1.165) is 17.1 Å². The number of rotatable bonds is 7. The normalized spacial score (nSPS) is 12.0. The fourth-order valence-electron chi connectivity index (χ4n) is 1.43. The first kappa shape index (κ1) is 14.5. The first-order chi connectivity index (χ1) is 8.58. The Morgan fingerprint density at radius 2 is 2.00 bits per heavy atom. The minimum atomic E-state index is -0.0748. The van der Waals surface area contributed by atoms with Crippen LogP contribution in [0.5, 0.6) is 11.5 Å². The van der Waals surface area contributed by atoms with E-state index in [2.05, 4.69) is 0 Å². The van der Waals surface area contributed by atoms with E-state index in [1.54, 1.807) is 21.1 Å². The minimum Gasteiger partial charge on any atom is -0.497 e. The van der Waals surface area contributed by atoms with Gasteiger partial charge in [-0.1, -0.05) is 6.92 Å². The third-order valence-electron chi connectivity index (χ3n) is 2.81. The first-order valence-electron chi connectivity index (χ1n) is 5.87. The molecule has 0 fully saturated rings. The zero-order valence-corrected chi connectivity index (χ0v) is 11.4. The van der Waals surface area contributed by atoms with Crippen molar-refractivity contribution in [3.05, 3.63) is 23.8 Å². The van der Waals surface area contributed by atoms with Crippen molar-refractivity contribution in [2.75, 3.05) is 20.8 Å². The van der Waals surface area contributed by atoms with Crippen molar-refractivity contribution in [2.45, 2.75) is 20.5 Å². The maximum Gasteiger partial charge on any atom is 0.134 e. The molecule has 0 amide bonds. The molecule has 1 rings (SSSR count). The van der Waals surface area contributed by atoms with Crippen LogP contribution < -0.4 is 9.47 Å². The first-order valence-corrected chi connectivity index (χ1v) is 5.87. The fraction of sp³-hybridized carbons (Fsp3) is 0.500. The van der Waals surface area contributed by atoms with Crippen LogP contribution >= 0.6 is 0 Å². The molecule has 0 aliphatic heterocycles. The Bertz CT molecular complexity index is 401. The molecule has 0 saturated heterocycles.